The summed E-state index contributed by atoms with van der Waals surface area (Å²) in [7, 11) is 0. The van der Waals surface area contributed by atoms with Gasteiger partial charge in [-0.15, -0.1) is 0 Å². The van der Waals surface area contributed by atoms with Gasteiger partial charge in [0.05, 0.1) is 0 Å². The Bertz CT molecular complexity index is 1190. The van der Waals surface area contributed by atoms with Crippen LogP contribution in [-0.4, -0.2) is 24.0 Å². The Morgan fingerprint density at radius 1 is 1.07 bits per heavy atom. The highest BCUT2D eigenvalue weighted by molar-refractivity contribution is 6.08. The largest absolute Gasteiger partial charge is 0.450 e. The van der Waals surface area contributed by atoms with Gasteiger partial charge in [-0.25, -0.2) is 4.98 Å². The second-order valence-electron chi connectivity index (χ2n) is 7.62. The van der Waals surface area contributed by atoms with E-state index in [1.165, 1.54) is 12.8 Å². The third-order valence-corrected chi connectivity index (χ3v) is 5.73. The number of furan rings is 1. The first-order valence-corrected chi connectivity index (χ1v) is 10.1. The molecule has 1 aliphatic rings. The summed E-state index contributed by atoms with van der Waals surface area (Å²) in [6, 6.07) is 16.2. The molecule has 2 aromatic carbocycles. The summed E-state index contributed by atoms with van der Waals surface area (Å²) < 4.78 is 6.01. The standard InChI is InChI=1S/C24H23N3O2/c1-16-19-10-9-18-6-2-3-7-20(18)23(19)29-22(16)24(28)26-15-17-8-11-21(25-14-17)27-12-4-5-13-27/h2-3,6-11,14H,4-5,12-13,15H2,1H3,(H,26,28). The highest BCUT2D eigenvalue weighted by Crippen LogP contribution is 2.31. The number of fused-ring (bicyclic) bond motifs is 3. The van der Waals surface area contributed by atoms with Crippen LogP contribution in [0.3, 0.4) is 0 Å². The summed E-state index contributed by atoms with van der Waals surface area (Å²) in [6.45, 7) is 4.50. The normalized spacial score (nSPS) is 14.0. The number of hydrogen-bond donors (Lipinski definition) is 1. The van der Waals surface area contributed by atoms with E-state index in [0.29, 0.717) is 12.3 Å². The maximum atomic E-state index is 12.8. The second kappa shape index (κ2) is 7.24. The molecule has 1 aliphatic heterocycles. The molecule has 1 N–H and O–H groups in total. The number of aryl methyl sites for hydroxylation is 1. The lowest BCUT2D eigenvalue weighted by atomic mass is 10.1. The van der Waals surface area contributed by atoms with E-state index in [9.17, 15) is 4.79 Å². The summed E-state index contributed by atoms with van der Waals surface area (Å²) in [5, 5.41) is 6.07. The molecule has 5 rings (SSSR count). The van der Waals surface area contributed by atoms with Crippen LogP contribution in [0, 0.1) is 6.92 Å². The van der Waals surface area contributed by atoms with Crippen molar-refractivity contribution in [1.29, 1.82) is 0 Å². The van der Waals surface area contributed by atoms with Crippen molar-refractivity contribution in [3.8, 4) is 0 Å². The molecule has 0 aliphatic carbocycles. The molecule has 1 fully saturated rings. The van der Waals surface area contributed by atoms with Gasteiger partial charge in [0.25, 0.3) is 5.91 Å². The highest BCUT2D eigenvalue weighted by atomic mass is 16.3. The van der Waals surface area contributed by atoms with Gasteiger partial charge in [-0.05, 0) is 36.8 Å². The summed E-state index contributed by atoms with van der Waals surface area (Å²) in [5.41, 5.74) is 2.61. The number of amides is 1. The predicted octanol–water partition coefficient (Wildman–Crippen LogP) is 4.82. The first-order valence-electron chi connectivity index (χ1n) is 10.1. The minimum Gasteiger partial charge on any atom is -0.450 e. The van der Waals surface area contributed by atoms with Gasteiger partial charge in [-0.2, -0.15) is 0 Å². The average Bonchev–Trinajstić information content (AvgIpc) is 3.41. The minimum absolute atomic E-state index is 0.202. The van der Waals surface area contributed by atoms with E-state index in [-0.39, 0.29) is 5.91 Å². The summed E-state index contributed by atoms with van der Waals surface area (Å²) in [4.78, 5) is 19.6. The number of pyridine rings is 1. The van der Waals surface area contributed by atoms with Crippen molar-refractivity contribution in [2.75, 3.05) is 18.0 Å². The number of carbonyl (C=O) groups is 1. The van der Waals surface area contributed by atoms with Crippen molar-refractivity contribution >= 4 is 33.5 Å². The Kier molecular flexibility index (Phi) is 4.43. The summed E-state index contributed by atoms with van der Waals surface area (Å²) in [6.07, 6.45) is 4.30. The van der Waals surface area contributed by atoms with Crippen LogP contribution in [0.15, 0.2) is 59.1 Å². The van der Waals surface area contributed by atoms with Gasteiger partial charge < -0.3 is 14.6 Å². The molecule has 0 unspecified atom stereocenters. The van der Waals surface area contributed by atoms with Gasteiger partial charge in [0.15, 0.2) is 5.76 Å². The Hall–Kier alpha value is -3.34. The molecular weight excluding hydrogens is 362 g/mol. The lowest BCUT2D eigenvalue weighted by molar-refractivity contribution is 0.0924. The number of nitrogens with zero attached hydrogens (tertiary/aromatic N) is 2. The SMILES string of the molecule is Cc1c(C(=O)NCc2ccc(N3CCCC3)nc2)oc2c1ccc1ccccc12. The van der Waals surface area contributed by atoms with Crippen LogP contribution in [-0.2, 0) is 6.54 Å². The fourth-order valence-electron chi connectivity index (χ4n) is 4.08. The van der Waals surface area contributed by atoms with E-state index >= 15 is 0 Å². The quantitative estimate of drug-likeness (QED) is 0.547. The Morgan fingerprint density at radius 2 is 1.90 bits per heavy atom. The third-order valence-electron chi connectivity index (χ3n) is 5.73. The minimum atomic E-state index is -0.202. The fraction of sp³-hybridized carbons (Fsp3) is 0.250. The summed E-state index contributed by atoms with van der Waals surface area (Å²) in [5.74, 6) is 1.18. The number of aromatic nitrogens is 1. The van der Waals surface area contributed by atoms with Crippen LogP contribution in [0.25, 0.3) is 21.7 Å². The first kappa shape index (κ1) is 17.7. The second-order valence-corrected chi connectivity index (χ2v) is 7.62. The molecule has 146 valence electrons. The Morgan fingerprint density at radius 3 is 2.69 bits per heavy atom. The topological polar surface area (TPSA) is 58.4 Å². The Balaban J connectivity index is 1.35. The van der Waals surface area contributed by atoms with E-state index in [1.54, 1.807) is 0 Å². The molecule has 0 atom stereocenters. The third kappa shape index (κ3) is 3.23. The zero-order valence-corrected chi connectivity index (χ0v) is 16.4. The van der Waals surface area contributed by atoms with Gasteiger partial charge in [-0.3, -0.25) is 4.79 Å². The molecule has 3 heterocycles. The Labute approximate surface area is 169 Å². The molecular formula is C24H23N3O2. The molecule has 2 aromatic heterocycles. The number of nitrogens with one attached hydrogen (secondary N) is 1. The molecule has 29 heavy (non-hydrogen) atoms. The molecule has 1 saturated heterocycles. The number of carbonyl (C=O) groups excluding carboxylic acids is 1. The average molecular weight is 385 g/mol. The van der Waals surface area contributed by atoms with Crippen LogP contribution in [0.2, 0.25) is 0 Å². The number of rotatable bonds is 4. The van der Waals surface area contributed by atoms with Gasteiger partial charge in [-0.1, -0.05) is 42.5 Å². The molecule has 0 saturated carbocycles. The lowest BCUT2D eigenvalue weighted by Crippen LogP contribution is -2.23. The maximum Gasteiger partial charge on any atom is 0.287 e. The van der Waals surface area contributed by atoms with Gasteiger partial charge >= 0.3 is 0 Å². The van der Waals surface area contributed by atoms with Crippen LogP contribution >= 0.6 is 0 Å². The van der Waals surface area contributed by atoms with Crippen molar-refractivity contribution < 1.29 is 9.21 Å². The van der Waals surface area contributed by atoms with E-state index in [1.807, 2.05) is 55.6 Å². The van der Waals surface area contributed by atoms with E-state index < -0.39 is 0 Å². The molecule has 5 heteroatoms. The van der Waals surface area contributed by atoms with Crippen molar-refractivity contribution in [3.05, 3.63) is 71.6 Å². The molecule has 4 aromatic rings. The van der Waals surface area contributed by atoms with E-state index in [2.05, 4.69) is 21.3 Å². The number of anilines is 1. The monoisotopic (exact) mass is 385 g/mol. The number of hydrogen-bond acceptors (Lipinski definition) is 4. The molecule has 5 nitrogen and oxygen atoms in total. The van der Waals surface area contributed by atoms with Gasteiger partial charge in [0.1, 0.15) is 11.4 Å². The molecule has 0 radical (unpaired) electrons. The summed E-state index contributed by atoms with van der Waals surface area (Å²) >= 11 is 0. The van der Waals surface area contributed by atoms with Crippen molar-refractivity contribution in [2.24, 2.45) is 0 Å². The van der Waals surface area contributed by atoms with Gasteiger partial charge in [0, 0.05) is 42.2 Å². The van der Waals surface area contributed by atoms with Crippen LogP contribution in [0.5, 0.6) is 0 Å². The van der Waals surface area contributed by atoms with Crippen LogP contribution in [0.4, 0.5) is 5.82 Å². The molecule has 1 amide bonds. The van der Waals surface area contributed by atoms with E-state index in [0.717, 1.165) is 51.8 Å². The van der Waals surface area contributed by atoms with Crippen LogP contribution in [0.1, 0.15) is 34.5 Å². The zero-order valence-electron chi connectivity index (χ0n) is 16.4. The predicted molar refractivity (Wildman–Crippen MR) is 115 cm³/mol. The first-order chi connectivity index (χ1) is 14.2. The number of benzene rings is 2. The van der Waals surface area contributed by atoms with Crippen molar-refractivity contribution in [1.82, 2.24) is 10.3 Å². The van der Waals surface area contributed by atoms with Crippen molar-refractivity contribution in [2.45, 2.75) is 26.3 Å². The molecule has 0 bridgehead atoms. The lowest BCUT2D eigenvalue weighted by Gasteiger charge is -2.16. The maximum absolute atomic E-state index is 12.8. The molecule has 0 spiro atoms. The van der Waals surface area contributed by atoms with Crippen LogP contribution < -0.4 is 10.2 Å². The smallest absolute Gasteiger partial charge is 0.287 e. The van der Waals surface area contributed by atoms with Gasteiger partial charge in [0.2, 0.25) is 0 Å². The van der Waals surface area contributed by atoms with Crippen molar-refractivity contribution in [3.63, 3.8) is 0 Å². The highest BCUT2D eigenvalue weighted by Gasteiger charge is 2.19. The fourth-order valence-corrected chi connectivity index (χ4v) is 4.08. The van der Waals surface area contributed by atoms with E-state index in [4.69, 9.17) is 4.42 Å². The zero-order chi connectivity index (χ0) is 19.8.